The van der Waals surface area contributed by atoms with E-state index in [0.29, 0.717) is 6.42 Å². The Morgan fingerprint density at radius 3 is 3.00 bits per heavy atom. The molecule has 0 bridgehead atoms. The molecule has 1 heterocycles. The number of thiophene rings is 1. The van der Waals surface area contributed by atoms with Crippen LogP contribution in [0.25, 0.3) is 0 Å². The van der Waals surface area contributed by atoms with Crippen molar-refractivity contribution >= 4 is 33.2 Å². The van der Waals surface area contributed by atoms with E-state index < -0.39 is 0 Å². The van der Waals surface area contributed by atoms with E-state index >= 15 is 0 Å². The van der Waals surface area contributed by atoms with Crippen molar-refractivity contribution in [2.45, 2.75) is 25.8 Å². The largest absolute Gasteiger partial charge is 0.352 e. The van der Waals surface area contributed by atoms with Gasteiger partial charge in [0.2, 0.25) is 5.91 Å². The fraction of sp³-hybridized carbons (Fsp3) is 0.500. The molecule has 4 heteroatoms. The quantitative estimate of drug-likeness (QED) is 0.823. The second-order valence-corrected chi connectivity index (χ2v) is 4.56. The summed E-state index contributed by atoms with van der Waals surface area (Å²) in [6.45, 7) is 2.07. The molecule has 1 unspecified atom stereocenters. The Balaban J connectivity index is 2.35. The highest BCUT2D eigenvalue weighted by Gasteiger charge is 2.09. The average molecular weight is 276 g/mol. The van der Waals surface area contributed by atoms with Gasteiger partial charge < -0.3 is 5.32 Å². The molecule has 2 nitrogen and oxygen atoms in total. The number of rotatable bonds is 5. The SMILES string of the molecule is CCC(CBr)NC(=O)Cc1ccsc1. The van der Waals surface area contributed by atoms with E-state index in [9.17, 15) is 4.79 Å². The molecule has 14 heavy (non-hydrogen) atoms. The van der Waals surface area contributed by atoms with Gasteiger partial charge in [0.25, 0.3) is 0 Å². The van der Waals surface area contributed by atoms with Crippen LogP contribution in [-0.4, -0.2) is 17.3 Å². The molecule has 1 aromatic rings. The van der Waals surface area contributed by atoms with Gasteiger partial charge in [0.15, 0.2) is 0 Å². The zero-order valence-corrected chi connectivity index (χ0v) is 10.5. The van der Waals surface area contributed by atoms with Crippen molar-refractivity contribution in [1.82, 2.24) is 5.32 Å². The van der Waals surface area contributed by atoms with E-state index in [-0.39, 0.29) is 11.9 Å². The number of carbonyl (C=O) groups excluding carboxylic acids is 1. The van der Waals surface area contributed by atoms with Crippen molar-refractivity contribution < 1.29 is 4.79 Å². The zero-order valence-electron chi connectivity index (χ0n) is 8.13. The lowest BCUT2D eigenvalue weighted by Crippen LogP contribution is -2.36. The Hall–Kier alpha value is -0.350. The zero-order chi connectivity index (χ0) is 10.4. The van der Waals surface area contributed by atoms with Crippen LogP contribution in [0.5, 0.6) is 0 Å². The van der Waals surface area contributed by atoms with Crippen LogP contribution in [0, 0.1) is 0 Å². The topological polar surface area (TPSA) is 29.1 Å². The lowest BCUT2D eigenvalue weighted by atomic mass is 10.2. The van der Waals surface area contributed by atoms with Gasteiger partial charge in [-0.2, -0.15) is 11.3 Å². The predicted molar refractivity (Wildman–Crippen MR) is 64.0 cm³/mol. The van der Waals surface area contributed by atoms with Crippen molar-refractivity contribution in [2.75, 3.05) is 5.33 Å². The van der Waals surface area contributed by atoms with Crippen molar-refractivity contribution in [3.8, 4) is 0 Å². The van der Waals surface area contributed by atoms with E-state index in [0.717, 1.165) is 17.3 Å². The first-order valence-corrected chi connectivity index (χ1v) is 6.69. The molecule has 0 spiro atoms. The third kappa shape index (κ3) is 3.80. The highest BCUT2D eigenvalue weighted by Crippen LogP contribution is 2.06. The fourth-order valence-corrected chi connectivity index (χ4v) is 2.40. The van der Waals surface area contributed by atoms with E-state index in [1.54, 1.807) is 11.3 Å². The van der Waals surface area contributed by atoms with Crippen LogP contribution >= 0.6 is 27.3 Å². The Bertz CT molecular complexity index is 270. The second-order valence-electron chi connectivity index (χ2n) is 3.14. The van der Waals surface area contributed by atoms with Gasteiger partial charge in [-0.3, -0.25) is 4.79 Å². The molecule has 0 aliphatic carbocycles. The molecule has 1 N–H and O–H groups in total. The van der Waals surface area contributed by atoms with E-state index in [1.165, 1.54) is 0 Å². The minimum absolute atomic E-state index is 0.106. The highest BCUT2D eigenvalue weighted by atomic mass is 79.9. The molecule has 0 aromatic carbocycles. The Labute approximate surface area is 96.8 Å². The first-order valence-electron chi connectivity index (χ1n) is 4.62. The number of nitrogens with one attached hydrogen (secondary N) is 1. The Kier molecular flexibility index (Phi) is 5.19. The predicted octanol–water partition coefficient (Wildman–Crippen LogP) is 2.58. The Morgan fingerprint density at radius 2 is 2.50 bits per heavy atom. The van der Waals surface area contributed by atoms with E-state index in [1.807, 2.05) is 16.8 Å². The van der Waals surface area contributed by atoms with Gasteiger partial charge in [-0.15, -0.1) is 0 Å². The van der Waals surface area contributed by atoms with Gasteiger partial charge in [-0.05, 0) is 28.8 Å². The Morgan fingerprint density at radius 1 is 1.71 bits per heavy atom. The molecule has 1 rings (SSSR count). The summed E-state index contributed by atoms with van der Waals surface area (Å²) in [5.41, 5.74) is 1.09. The molecular formula is C10H14BrNOS. The summed E-state index contributed by atoms with van der Waals surface area (Å²) in [6, 6.07) is 2.24. The summed E-state index contributed by atoms with van der Waals surface area (Å²) in [5, 5.41) is 7.79. The van der Waals surface area contributed by atoms with Gasteiger partial charge in [0, 0.05) is 11.4 Å². The molecule has 1 aromatic heterocycles. The first kappa shape index (κ1) is 11.7. The van der Waals surface area contributed by atoms with Crippen molar-refractivity contribution in [2.24, 2.45) is 0 Å². The average Bonchev–Trinajstić information content (AvgIpc) is 2.66. The minimum atomic E-state index is 0.106. The maximum atomic E-state index is 11.5. The molecule has 0 aliphatic heterocycles. The number of hydrogen-bond acceptors (Lipinski definition) is 2. The van der Waals surface area contributed by atoms with E-state index in [2.05, 4.69) is 28.2 Å². The van der Waals surface area contributed by atoms with Crippen LogP contribution < -0.4 is 5.32 Å². The van der Waals surface area contributed by atoms with Crippen molar-refractivity contribution in [1.29, 1.82) is 0 Å². The monoisotopic (exact) mass is 275 g/mol. The highest BCUT2D eigenvalue weighted by molar-refractivity contribution is 9.09. The molecular weight excluding hydrogens is 262 g/mol. The smallest absolute Gasteiger partial charge is 0.224 e. The van der Waals surface area contributed by atoms with Crippen molar-refractivity contribution in [3.05, 3.63) is 22.4 Å². The normalized spacial score (nSPS) is 12.4. The van der Waals surface area contributed by atoms with Crippen LogP contribution in [-0.2, 0) is 11.2 Å². The molecule has 78 valence electrons. The van der Waals surface area contributed by atoms with Crippen LogP contribution in [0.2, 0.25) is 0 Å². The van der Waals surface area contributed by atoms with Gasteiger partial charge in [0.05, 0.1) is 6.42 Å². The van der Waals surface area contributed by atoms with Gasteiger partial charge in [0.1, 0.15) is 0 Å². The summed E-state index contributed by atoms with van der Waals surface area (Å²) in [5.74, 6) is 0.106. The summed E-state index contributed by atoms with van der Waals surface area (Å²) < 4.78 is 0. The van der Waals surface area contributed by atoms with Crippen molar-refractivity contribution in [3.63, 3.8) is 0 Å². The summed E-state index contributed by atoms with van der Waals surface area (Å²) in [6.07, 6.45) is 1.45. The van der Waals surface area contributed by atoms with Gasteiger partial charge >= 0.3 is 0 Å². The second kappa shape index (κ2) is 6.19. The number of carbonyl (C=O) groups is 1. The standard InChI is InChI=1S/C10H14BrNOS/c1-2-9(6-11)12-10(13)5-8-3-4-14-7-8/h3-4,7,9H,2,5-6H2,1H3,(H,12,13). The lowest BCUT2D eigenvalue weighted by Gasteiger charge is -2.13. The van der Waals surface area contributed by atoms with Gasteiger partial charge in [-0.1, -0.05) is 22.9 Å². The van der Waals surface area contributed by atoms with Crippen LogP contribution in [0.3, 0.4) is 0 Å². The number of amides is 1. The molecule has 1 amide bonds. The molecule has 0 saturated heterocycles. The molecule has 0 fully saturated rings. The maximum Gasteiger partial charge on any atom is 0.224 e. The molecule has 0 aliphatic rings. The molecule has 0 radical (unpaired) electrons. The van der Waals surface area contributed by atoms with Gasteiger partial charge in [-0.25, -0.2) is 0 Å². The van der Waals surface area contributed by atoms with Crippen LogP contribution in [0.1, 0.15) is 18.9 Å². The summed E-state index contributed by atoms with van der Waals surface area (Å²) >= 11 is 4.99. The summed E-state index contributed by atoms with van der Waals surface area (Å²) in [4.78, 5) is 11.5. The number of alkyl halides is 1. The molecule has 1 atom stereocenters. The first-order chi connectivity index (χ1) is 6.76. The number of halogens is 1. The molecule has 0 saturated carbocycles. The van der Waals surface area contributed by atoms with Crippen LogP contribution in [0.4, 0.5) is 0 Å². The maximum absolute atomic E-state index is 11.5. The fourth-order valence-electron chi connectivity index (χ4n) is 1.11. The van der Waals surface area contributed by atoms with E-state index in [4.69, 9.17) is 0 Å². The van der Waals surface area contributed by atoms with Crippen LogP contribution in [0.15, 0.2) is 16.8 Å². The minimum Gasteiger partial charge on any atom is -0.352 e. The number of hydrogen-bond donors (Lipinski definition) is 1. The third-order valence-electron chi connectivity index (χ3n) is 1.99. The third-order valence-corrected chi connectivity index (χ3v) is 3.50. The lowest BCUT2D eigenvalue weighted by molar-refractivity contribution is -0.121. The summed E-state index contributed by atoms with van der Waals surface area (Å²) in [7, 11) is 0.